The van der Waals surface area contributed by atoms with Gasteiger partial charge in [-0.1, -0.05) is 28.1 Å². The summed E-state index contributed by atoms with van der Waals surface area (Å²) in [7, 11) is 0. The predicted octanol–water partition coefficient (Wildman–Crippen LogP) is 4.55. The quantitative estimate of drug-likeness (QED) is 0.193. The molecule has 0 unspecified atom stereocenters. The highest BCUT2D eigenvalue weighted by Gasteiger charge is 2.17. The van der Waals surface area contributed by atoms with Gasteiger partial charge in [-0.15, -0.1) is 22.7 Å². The Kier molecular flexibility index (Phi) is 9.27. The minimum atomic E-state index is -0.409. The number of hydrogen-bond donors (Lipinski definition) is 3. The van der Waals surface area contributed by atoms with Crippen molar-refractivity contribution < 1.29 is 19.4 Å². The molecule has 0 aliphatic carbocycles. The summed E-state index contributed by atoms with van der Waals surface area (Å²) in [5.74, 6) is -0.473. The van der Waals surface area contributed by atoms with Crippen molar-refractivity contribution >= 4 is 56.1 Å². The third-order valence-corrected chi connectivity index (χ3v) is 8.31. The molecule has 3 aromatic rings. The van der Waals surface area contributed by atoms with Crippen molar-refractivity contribution in [2.24, 2.45) is 5.10 Å². The standard InChI is InChI=1S/C25H27BrN4O4S2/c1-16(19-15-35-23(22(19)31)17-3-5-18(26)6-4-17)28-29-25(33)21-8-7-20(36-21)24(32)27-9-2-10-30-11-13-34-14-12-30/h3-8,15,31H,2,9-14H2,1H3,(H,27,32)(H,29,33). The first-order chi connectivity index (χ1) is 17.4. The predicted molar refractivity (Wildman–Crippen MR) is 147 cm³/mol. The Balaban J connectivity index is 1.29. The van der Waals surface area contributed by atoms with Crippen LogP contribution in [0, 0.1) is 0 Å². The number of carbonyl (C=O) groups excluding carboxylic acids is 2. The van der Waals surface area contributed by atoms with Crippen LogP contribution in [0.3, 0.4) is 0 Å². The molecule has 0 saturated carbocycles. The van der Waals surface area contributed by atoms with E-state index >= 15 is 0 Å². The molecule has 1 aromatic carbocycles. The number of benzene rings is 1. The molecule has 0 atom stereocenters. The van der Waals surface area contributed by atoms with Crippen molar-refractivity contribution in [2.45, 2.75) is 13.3 Å². The Morgan fingerprint density at radius 1 is 1.11 bits per heavy atom. The van der Waals surface area contributed by atoms with E-state index in [9.17, 15) is 14.7 Å². The van der Waals surface area contributed by atoms with Gasteiger partial charge in [-0.25, -0.2) is 5.43 Å². The van der Waals surface area contributed by atoms with Crippen LogP contribution in [0.1, 0.15) is 38.3 Å². The van der Waals surface area contributed by atoms with Gasteiger partial charge in [-0.3, -0.25) is 14.5 Å². The van der Waals surface area contributed by atoms with E-state index in [4.69, 9.17) is 4.74 Å². The highest BCUT2D eigenvalue weighted by Crippen LogP contribution is 2.39. The number of morpholine rings is 1. The first-order valence-electron chi connectivity index (χ1n) is 11.5. The lowest BCUT2D eigenvalue weighted by atomic mass is 10.1. The molecule has 2 amide bonds. The zero-order valence-corrected chi connectivity index (χ0v) is 23.0. The Labute approximate surface area is 226 Å². The molecule has 190 valence electrons. The lowest BCUT2D eigenvalue weighted by molar-refractivity contribution is 0.0374. The fraction of sp³-hybridized carbons (Fsp3) is 0.320. The molecule has 0 bridgehead atoms. The Hall–Kier alpha value is -2.57. The molecule has 0 spiro atoms. The second-order valence-electron chi connectivity index (χ2n) is 8.20. The summed E-state index contributed by atoms with van der Waals surface area (Å²) in [4.78, 5) is 28.9. The SMILES string of the molecule is CC(=NNC(=O)c1ccc(C(=O)NCCCN2CCOCC2)s1)c1csc(-c2ccc(Br)cc2)c1O. The van der Waals surface area contributed by atoms with Gasteiger partial charge in [0.05, 0.1) is 39.1 Å². The van der Waals surface area contributed by atoms with E-state index in [0.717, 1.165) is 65.5 Å². The van der Waals surface area contributed by atoms with E-state index in [0.29, 0.717) is 27.6 Å². The number of halogens is 1. The fourth-order valence-corrected chi connectivity index (χ4v) is 5.75. The molecule has 1 saturated heterocycles. The zero-order valence-electron chi connectivity index (χ0n) is 19.8. The number of hydrazone groups is 1. The Morgan fingerprint density at radius 2 is 1.81 bits per heavy atom. The van der Waals surface area contributed by atoms with Gasteiger partial charge in [0.1, 0.15) is 5.75 Å². The molecule has 11 heteroatoms. The number of hydrogen-bond acceptors (Lipinski definition) is 8. The summed E-state index contributed by atoms with van der Waals surface area (Å²) in [6, 6.07) is 10.9. The normalized spacial score (nSPS) is 14.6. The van der Waals surface area contributed by atoms with Gasteiger partial charge in [0.15, 0.2) is 0 Å². The van der Waals surface area contributed by atoms with Crippen LogP contribution in [0.5, 0.6) is 5.75 Å². The summed E-state index contributed by atoms with van der Waals surface area (Å²) in [6.07, 6.45) is 0.859. The van der Waals surface area contributed by atoms with Gasteiger partial charge < -0.3 is 15.2 Å². The zero-order chi connectivity index (χ0) is 25.5. The van der Waals surface area contributed by atoms with Crippen LogP contribution in [-0.2, 0) is 4.74 Å². The first kappa shape index (κ1) is 26.5. The van der Waals surface area contributed by atoms with Crippen LogP contribution >= 0.6 is 38.6 Å². The second-order valence-corrected chi connectivity index (χ2v) is 11.1. The van der Waals surface area contributed by atoms with E-state index < -0.39 is 5.91 Å². The third kappa shape index (κ3) is 6.80. The topological polar surface area (TPSA) is 103 Å². The second kappa shape index (κ2) is 12.6. The minimum absolute atomic E-state index is 0.126. The van der Waals surface area contributed by atoms with Crippen LogP contribution < -0.4 is 10.7 Å². The molecular weight excluding hydrogens is 564 g/mol. The van der Waals surface area contributed by atoms with Crippen molar-refractivity contribution in [1.82, 2.24) is 15.6 Å². The van der Waals surface area contributed by atoms with E-state index in [1.54, 1.807) is 19.1 Å². The van der Waals surface area contributed by atoms with Gasteiger partial charge in [0.25, 0.3) is 11.8 Å². The molecule has 2 aromatic heterocycles. The molecule has 4 rings (SSSR count). The number of nitrogens with zero attached hydrogens (tertiary/aromatic N) is 2. The lowest BCUT2D eigenvalue weighted by Crippen LogP contribution is -2.38. The van der Waals surface area contributed by atoms with E-state index in [1.807, 2.05) is 29.6 Å². The first-order valence-corrected chi connectivity index (χ1v) is 14.0. The van der Waals surface area contributed by atoms with Crippen molar-refractivity contribution in [3.8, 4) is 16.2 Å². The van der Waals surface area contributed by atoms with Crippen LogP contribution in [0.4, 0.5) is 0 Å². The van der Waals surface area contributed by atoms with Gasteiger partial charge in [-0.05, 0) is 49.7 Å². The number of thiophene rings is 2. The highest BCUT2D eigenvalue weighted by atomic mass is 79.9. The maximum absolute atomic E-state index is 12.6. The van der Waals surface area contributed by atoms with Crippen molar-refractivity contribution in [3.63, 3.8) is 0 Å². The van der Waals surface area contributed by atoms with Crippen LogP contribution in [-0.4, -0.2) is 66.9 Å². The van der Waals surface area contributed by atoms with Crippen molar-refractivity contribution in [2.75, 3.05) is 39.4 Å². The van der Waals surface area contributed by atoms with E-state index in [-0.39, 0.29) is 11.7 Å². The molecule has 1 aliphatic heterocycles. The Bertz CT molecular complexity index is 1230. The van der Waals surface area contributed by atoms with Crippen LogP contribution in [0.2, 0.25) is 0 Å². The summed E-state index contributed by atoms with van der Waals surface area (Å²) in [5.41, 5.74) is 4.46. The Morgan fingerprint density at radius 3 is 2.53 bits per heavy atom. The van der Waals surface area contributed by atoms with Crippen LogP contribution in [0.15, 0.2) is 51.4 Å². The number of carbonyl (C=O) groups is 2. The molecule has 8 nitrogen and oxygen atoms in total. The number of nitrogens with one attached hydrogen (secondary N) is 2. The molecule has 1 aliphatic rings. The maximum atomic E-state index is 12.6. The van der Waals surface area contributed by atoms with Gasteiger partial charge in [0.2, 0.25) is 0 Å². The summed E-state index contributed by atoms with van der Waals surface area (Å²) in [5, 5.41) is 19.6. The third-order valence-electron chi connectivity index (χ3n) is 5.68. The van der Waals surface area contributed by atoms with Gasteiger partial charge in [-0.2, -0.15) is 5.10 Å². The van der Waals surface area contributed by atoms with E-state index in [2.05, 4.69) is 36.7 Å². The average Bonchev–Trinajstić information content (AvgIpc) is 3.54. The fourth-order valence-electron chi connectivity index (χ4n) is 3.66. The monoisotopic (exact) mass is 590 g/mol. The lowest BCUT2D eigenvalue weighted by Gasteiger charge is -2.26. The number of amides is 2. The smallest absolute Gasteiger partial charge is 0.281 e. The summed E-state index contributed by atoms with van der Waals surface area (Å²) in [6.45, 7) is 6.59. The largest absolute Gasteiger partial charge is 0.506 e. The molecule has 36 heavy (non-hydrogen) atoms. The number of ether oxygens (including phenoxy) is 1. The maximum Gasteiger partial charge on any atom is 0.281 e. The molecule has 1 fully saturated rings. The van der Waals surface area contributed by atoms with Crippen LogP contribution in [0.25, 0.3) is 10.4 Å². The molecule has 0 radical (unpaired) electrons. The molecule has 3 heterocycles. The highest BCUT2D eigenvalue weighted by molar-refractivity contribution is 9.10. The number of rotatable bonds is 9. The van der Waals surface area contributed by atoms with E-state index in [1.165, 1.54) is 11.3 Å². The minimum Gasteiger partial charge on any atom is -0.506 e. The molecular formula is C25H27BrN4O4S2. The molecule has 3 N–H and O–H groups in total. The summed E-state index contributed by atoms with van der Waals surface area (Å²) >= 11 is 5.93. The van der Waals surface area contributed by atoms with Gasteiger partial charge >= 0.3 is 0 Å². The number of aromatic hydroxyl groups is 1. The van der Waals surface area contributed by atoms with Gasteiger partial charge in [0, 0.05) is 29.5 Å². The van der Waals surface area contributed by atoms with Crippen molar-refractivity contribution in [3.05, 3.63) is 61.6 Å². The summed E-state index contributed by atoms with van der Waals surface area (Å²) < 4.78 is 6.30. The van der Waals surface area contributed by atoms with Crippen molar-refractivity contribution in [1.29, 1.82) is 0 Å². The average molecular weight is 592 g/mol.